The number of likely N-dealkylation sites (tertiary alicyclic amines) is 1. The molecule has 1 N–H and O–H groups in total. The van der Waals surface area contributed by atoms with Crippen molar-refractivity contribution in [3.05, 3.63) is 47.5 Å². The normalized spacial score (nSPS) is 23.0. The first-order valence-electron chi connectivity index (χ1n) is 10.8. The largest absolute Gasteiger partial charge is 0.494 e. The zero-order valence-corrected chi connectivity index (χ0v) is 19.4. The van der Waals surface area contributed by atoms with Crippen LogP contribution in [0.2, 0.25) is 0 Å². The van der Waals surface area contributed by atoms with E-state index in [1.807, 2.05) is 26.1 Å². The Balaban J connectivity index is 0.00000272. The lowest BCUT2D eigenvalue weighted by atomic mass is 9.96. The van der Waals surface area contributed by atoms with Gasteiger partial charge < -0.3 is 9.64 Å². The number of ether oxygens (including phenoxy) is 1. The van der Waals surface area contributed by atoms with Crippen LogP contribution in [-0.4, -0.2) is 41.5 Å². The van der Waals surface area contributed by atoms with Gasteiger partial charge in [0, 0.05) is 24.8 Å². The van der Waals surface area contributed by atoms with Crippen LogP contribution in [0.1, 0.15) is 63.4 Å². The summed E-state index contributed by atoms with van der Waals surface area (Å²) in [4.78, 5) is 19.4. The van der Waals surface area contributed by atoms with Gasteiger partial charge in [-0.1, -0.05) is 13.8 Å². The van der Waals surface area contributed by atoms with Crippen LogP contribution in [0, 0.1) is 5.82 Å². The number of nitrogens with zero attached hydrogens (tertiary/aromatic N) is 2. The molecule has 2 saturated heterocycles. The Morgan fingerprint density at radius 2 is 2.06 bits per heavy atom. The summed E-state index contributed by atoms with van der Waals surface area (Å²) in [7, 11) is 1.86. The molecule has 1 aromatic carbocycles. The molecule has 2 aliphatic rings. The molecule has 1 aromatic heterocycles. The molecule has 0 unspecified atom stereocenters. The molecule has 5 nitrogen and oxygen atoms in total. The van der Waals surface area contributed by atoms with Gasteiger partial charge in [0.15, 0.2) is 0 Å². The van der Waals surface area contributed by atoms with Crippen molar-refractivity contribution >= 4 is 18.3 Å². The molecular formula is C24H31ClFN3O2. The van der Waals surface area contributed by atoms with Crippen molar-refractivity contribution in [2.75, 3.05) is 20.2 Å². The SMILES string of the molecule is CCOc1ccc(F)c(-c2cc(C(C)C)nc([C@@H]3CC[C@@]4(CCN(C)C4=O)N3)c2)c1.Cl. The summed E-state index contributed by atoms with van der Waals surface area (Å²) in [5, 5.41) is 3.58. The van der Waals surface area contributed by atoms with Gasteiger partial charge in [0.05, 0.1) is 18.3 Å². The van der Waals surface area contributed by atoms with Crippen LogP contribution in [0.25, 0.3) is 11.1 Å². The summed E-state index contributed by atoms with van der Waals surface area (Å²) >= 11 is 0. The molecular weight excluding hydrogens is 417 g/mol. The van der Waals surface area contributed by atoms with Crippen LogP contribution < -0.4 is 10.1 Å². The lowest BCUT2D eigenvalue weighted by Crippen LogP contribution is -2.47. The third kappa shape index (κ3) is 4.41. The molecule has 0 radical (unpaired) electrons. The third-order valence-corrected chi connectivity index (χ3v) is 6.31. The van der Waals surface area contributed by atoms with Crippen LogP contribution in [0.3, 0.4) is 0 Å². The zero-order valence-electron chi connectivity index (χ0n) is 18.6. The molecule has 4 rings (SSSR count). The molecule has 3 heterocycles. The molecule has 0 bridgehead atoms. The fraction of sp³-hybridized carbons (Fsp3) is 0.500. The van der Waals surface area contributed by atoms with E-state index in [-0.39, 0.29) is 36.1 Å². The molecule has 0 aliphatic carbocycles. The number of nitrogens with one attached hydrogen (secondary N) is 1. The maximum absolute atomic E-state index is 14.7. The average Bonchev–Trinajstić information content (AvgIpc) is 3.29. The number of rotatable bonds is 5. The molecule has 0 saturated carbocycles. The second-order valence-electron chi connectivity index (χ2n) is 8.73. The number of amides is 1. The molecule has 7 heteroatoms. The third-order valence-electron chi connectivity index (χ3n) is 6.31. The van der Waals surface area contributed by atoms with Crippen LogP contribution in [0.5, 0.6) is 5.75 Å². The van der Waals surface area contributed by atoms with Gasteiger partial charge in [-0.3, -0.25) is 15.1 Å². The van der Waals surface area contributed by atoms with E-state index in [2.05, 4.69) is 19.2 Å². The number of carbonyl (C=O) groups is 1. The van der Waals surface area contributed by atoms with Gasteiger partial charge in [0.2, 0.25) is 5.91 Å². The Bertz CT molecular complexity index is 968. The topological polar surface area (TPSA) is 54.5 Å². The van der Waals surface area contributed by atoms with Crippen molar-refractivity contribution in [3.63, 3.8) is 0 Å². The average molecular weight is 448 g/mol. The quantitative estimate of drug-likeness (QED) is 0.711. The van der Waals surface area contributed by atoms with Crippen molar-refractivity contribution < 1.29 is 13.9 Å². The molecule has 2 atom stereocenters. The molecule has 2 aliphatic heterocycles. The molecule has 168 valence electrons. The van der Waals surface area contributed by atoms with Gasteiger partial charge in [-0.2, -0.15) is 0 Å². The fourth-order valence-corrected chi connectivity index (χ4v) is 4.57. The van der Waals surface area contributed by atoms with Gasteiger partial charge in [-0.25, -0.2) is 4.39 Å². The minimum Gasteiger partial charge on any atom is -0.494 e. The van der Waals surface area contributed by atoms with Crippen molar-refractivity contribution in [1.29, 1.82) is 0 Å². The number of aromatic nitrogens is 1. The number of hydrogen-bond acceptors (Lipinski definition) is 4. The second kappa shape index (κ2) is 9.13. The van der Waals surface area contributed by atoms with E-state index in [4.69, 9.17) is 9.72 Å². The standard InChI is InChI=1S/C24H30FN3O2.ClH/c1-5-30-17-6-7-19(25)18(14-17)16-12-21(15(2)3)26-22(13-16)20-8-9-24(27-20)10-11-28(4)23(24)29;/h6-7,12-15,20,27H,5,8-11H2,1-4H3;1H/t20-,24-;/m0./s1. The van der Waals surface area contributed by atoms with E-state index in [0.717, 1.165) is 42.8 Å². The molecule has 2 fully saturated rings. The van der Waals surface area contributed by atoms with Crippen LogP contribution in [0.4, 0.5) is 4.39 Å². The summed E-state index contributed by atoms with van der Waals surface area (Å²) in [5.41, 5.74) is 2.61. The van der Waals surface area contributed by atoms with Gasteiger partial charge in [-0.15, -0.1) is 12.4 Å². The molecule has 2 aromatic rings. The number of hydrogen-bond donors (Lipinski definition) is 1. The van der Waals surface area contributed by atoms with E-state index in [0.29, 0.717) is 17.9 Å². The molecule has 1 amide bonds. The number of pyridine rings is 1. The fourth-order valence-electron chi connectivity index (χ4n) is 4.57. The van der Waals surface area contributed by atoms with Crippen molar-refractivity contribution in [1.82, 2.24) is 15.2 Å². The highest BCUT2D eigenvalue weighted by atomic mass is 35.5. The predicted molar refractivity (Wildman–Crippen MR) is 122 cm³/mol. The monoisotopic (exact) mass is 447 g/mol. The van der Waals surface area contributed by atoms with Gasteiger partial charge >= 0.3 is 0 Å². The predicted octanol–water partition coefficient (Wildman–Crippen LogP) is 4.86. The first-order valence-corrected chi connectivity index (χ1v) is 10.8. The maximum atomic E-state index is 14.7. The summed E-state index contributed by atoms with van der Waals surface area (Å²) < 4.78 is 20.3. The minimum absolute atomic E-state index is 0. The van der Waals surface area contributed by atoms with Gasteiger partial charge in [0.25, 0.3) is 0 Å². The number of carbonyl (C=O) groups excluding carboxylic acids is 1. The van der Waals surface area contributed by atoms with E-state index in [1.54, 1.807) is 17.0 Å². The lowest BCUT2D eigenvalue weighted by Gasteiger charge is -2.24. The zero-order chi connectivity index (χ0) is 21.5. The van der Waals surface area contributed by atoms with E-state index < -0.39 is 5.54 Å². The van der Waals surface area contributed by atoms with Gasteiger partial charge in [-0.05, 0) is 68.0 Å². The Hall–Kier alpha value is -2.18. The highest BCUT2D eigenvalue weighted by Gasteiger charge is 2.50. The lowest BCUT2D eigenvalue weighted by molar-refractivity contribution is -0.131. The second-order valence-corrected chi connectivity index (χ2v) is 8.73. The first kappa shape index (κ1) is 23.5. The smallest absolute Gasteiger partial charge is 0.242 e. The number of halogens is 2. The Kier molecular flexibility index (Phi) is 6.92. The summed E-state index contributed by atoms with van der Waals surface area (Å²) in [5.74, 6) is 0.738. The maximum Gasteiger partial charge on any atom is 0.242 e. The summed E-state index contributed by atoms with van der Waals surface area (Å²) in [6, 6.07) is 8.75. The first-order chi connectivity index (χ1) is 14.3. The van der Waals surface area contributed by atoms with Crippen molar-refractivity contribution in [3.8, 4) is 16.9 Å². The highest BCUT2D eigenvalue weighted by Crippen LogP contribution is 2.40. The van der Waals surface area contributed by atoms with Crippen molar-refractivity contribution in [2.45, 2.75) is 57.5 Å². The van der Waals surface area contributed by atoms with Crippen molar-refractivity contribution in [2.24, 2.45) is 0 Å². The van der Waals surface area contributed by atoms with Crippen LogP contribution >= 0.6 is 12.4 Å². The Labute approximate surface area is 189 Å². The minimum atomic E-state index is -0.477. The highest BCUT2D eigenvalue weighted by molar-refractivity contribution is 5.88. The van der Waals surface area contributed by atoms with Gasteiger partial charge in [0.1, 0.15) is 17.1 Å². The van der Waals surface area contributed by atoms with E-state index in [1.165, 1.54) is 6.07 Å². The van der Waals surface area contributed by atoms with Crippen LogP contribution in [-0.2, 0) is 4.79 Å². The molecule has 31 heavy (non-hydrogen) atoms. The van der Waals surface area contributed by atoms with E-state index >= 15 is 0 Å². The van der Waals surface area contributed by atoms with E-state index in [9.17, 15) is 9.18 Å². The number of benzene rings is 1. The molecule has 1 spiro atoms. The van der Waals surface area contributed by atoms with Crippen LogP contribution in [0.15, 0.2) is 30.3 Å². The Morgan fingerprint density at radius 1 is 1.29 bits per heavy atom. The summed E-state index contributed by atoms with van der Waals surface area (Å²) in [6.07, 6.45) is 2.47. The summed E-state index contributed by atoms with van der Waals surface area (Å²) in [6.45, 7) is 7.39. The number of likely N-dealkylation sites (N-methyl/N-ethyl adjacent to an activating group) is 1. The Morgan fingerprint density at radius 3 is 2.71 bits per heavy atom.